The highest BCUT2D eigenvalue weighted by Gasteiger charge is 2.16. The van der Waals surface area contributed by atoms with Crippen LogP contribution in [0.4, 0.5) is 0 Å². The number of rotatable bonds is 7. The van der Waals surface area contributed by atoms with Gasteiger partial charge in [-0.15, -0.1) is 11.6 Å². The maximum absolute atomic E-state index is 9.10. The van der Waals surface area contributed by atoms with Crippen molar-refractivity contribution in [2.75, 3.05) is 5.88 Å². The maximum Gasteiger partial charge on any atom is 0.0962 e. The zero-order chi connectivity index (χ0) is 15.1. The van der Waals surface area contributed by atoms with Gasteiger partial charge in [-0.05, 0) is 18.9 Å². The molecule has 106 valence electrons. The van der Waals surface area contributed by atoms with Gasteiger partial charge >= 0.3 is 0 Å². The molecule has 3 heteroatoms. The number of alkyl halides is 1. The molecule has 0 heterocycles. The molecule has 0 bridgehead atoms. The van der Waals surface area contributed by atoms with Crippen LogP contribution in [0.25, 0.3) is 0 Å². The Bertz CT molecular complexity index is 528. The fraction of sp³-hybridized carbons (Fsp3) is 0.353. The summed E-state index contributed by atoms with van der Waals surface area (Å²) in [6, 6.07) is 10.2. The summed E-state index contributed by atoms with van der Waals surface area (Å²) in [6.45, 7) is 11.9. The molecular weight excluding hydrogens is 268 g/mol. The number of benzene rings is 1. The third-order valence-electron chi connectivity index (χ3n) is 3.27. The molecule has 1 aromatic rings. The van der Waals surface area contributed by atoms with Crippen molar-refractivity contribution in [2.45, 2.75) is 26.3 Å². The SMILES string of the molecule is C=C(NC(Cc1cccc(C)c1)C(=C)C#N)C(C)CCl. The van der Waals surface area contributed by atoms with Gasteiger partial charge in [0.1, 0.15) is 0 Å². The van der Waals surface area contributed by atoms with Gasteiger partial charge in [-0.1, -0.05) is 49.9 Å². The van der Waals surface area contributed by atoms with Gasteiger partial charge < -0.3 is 5.32 Å². The summed E-state index contributed by atoms with van der Waals surface area (Å²) < 4.78 is 0. The number of aryl methyl sites for hydroxylation is 1. The molecule has 0 spiro atoms. The first-order chi connectivity index (χ1) is 9.47. The Morgan fingerprint density at radius 3 is 2.70 bits per heavy atom. The largest absolute Gasteiger partial charge is 0.381 e. The molecule has 1 N–H and O–H groups in total. The van der Waals surface area contributed by atoms with Crippen molar-refractivity contribution in [1.82, 2.24) is 5.32 Å². The van der Waals surface area contributed by atoms with Gasteiger partial charge in [-0.3, -0.25) is 0 Å². The molecule has 0 radical (unpaired) electrons. The summed E-state index contributed by atoms with van der Waals surface area (Å²) >= 11 is 5.84. The third-order valence-corrected chi connectivity index (χ3v) is 3.74. The Balaban J connectivity index is 2.83. The number of allylic oxidation sites excluding steroid dienone is 1. The van der Waals surface area contributed by atoms with Crippen molar-refractivity contribution in [3.8, 4) is 6.07 Å². The van der Waals surface area contributed by atoms with E-state index in [1.54, 1.807) is 0 Å². The average molecular weight is 289 g/mol. The number of nitrogens with zero attached hydrogens (tertiary/aromatic N) is 1. The molecule has 2 unspecified atom stereocenters. The fourth-order valence-electron chi connectivity index (χ4n) is 1.87. The van der Waals surface area contributed by atoms with Crippen molar-refractivity contribution in [2.24, 2.45) is 5.92 Å². The zero-order valence-electron chi connectivity index (χ0n) is 12.1. The van der Waals surface area contributed by atoms with Crippen molar-refractivity contribution in [3.05, 3.63) is 59.8 Å². The van der Waals surface area contributed by atoms with Gasteiger partial charge in [0.15, 0.2) is 0 Å². The molecule has 0 saturated carbocycles. The predicted octanol–water partition coefficient (Wildman–Crippen LogP) is 3.96. The monoisotopic (exact) mass is 288 g/mol. The van der Waals surface area contributed by atoms with Crippen molar-refractivity contribution in [1.29, 1.82) is 5.26 Å². The minimum absolute atomic E-state index is 0.139. The van der Waals surface area contributed by atoms with Crippen molar-refractivity contribution in [3.63, 3.8) is 0 Å². The lowest BCUT2D eigenvalue weighted by Gasteiger charge is -2.23. The molecular formula is C17H21ClN2. The van der Waals surface area contributed by atoms with Gasteiger partial charge in [-0.25, -0.2) is 0 Å². The lowest BCUT2D eigenvalue weighted by molar-refractivity contribution is 0.585. The molecule has 0 aromatic heterocycles. The molecule has 0 aliphatic carbocycles. The second kappa shape index (κ2) is 7.77. The minimum Gasteiger partial charge on any atom is -0.381 e. The van der Waals surface area contributed by atoms with E-state index in [0.29, 0.717) is 17.9 Å². The van der Waals surface area contributed by atoms with E-state index >= 15 is 0 Å². The molecule has 20 heavy (non-hydrogen) atoms. The smallest absolute Gasteiger partial charge is 0.0962 e. The second-order valence-electron chi connectivity index (χ2n) is 5.11. The highest BCUT2D eigenvalue weighted by atomic mass is 35.5. The molecule has 0 aliphatic heterocycles. The Kier molecular flexibility index (Phi) is 6.35. The van der Waals surface area contributed by atoms with Crippen LogP contribution in [0.15, 0.2) is 48.7 Å². The first-order valence-electron chi connectivity index (χ1n) is 6.63. The topological polar surface area (TPSA) is 35.8 Å². The van der Waals surface area contributed by atoms with E-state index in [1.807, 2.05) is 13.0 Å². The molecule has 0 aliphatic rings. The molecule has 0 amide bonds. The normalized spacial score (nSPS) is 13.1. The summed E-state index contributed by atoms with van der Waals surface area (Å²) in [7, 11) is 0. The van der Waals surface area contributed by atoms with Gasteiger partial charge in [0.25, 0.3) is 0 Å². The molecule has 1 rings (SSSR count). The van der Waals surface area contributed by atoms with Crippen LogP contribution >= 0.6 is 11.6 Å². The highest BCUT2D eigenvalue weighted by molar-refractivity contribution is 6.18. The Morgan fingerprint density at radius 1 is 1.45 bits per heavy atom. The van der Waals surface area contributed by atoms with Gasteiger partial charge in [0.2, 0.25) is 0 Å². The molecule has 1 aromatic carbocycles. The third kappa shape index (κ3) is 4.75. The van der Waals surface area contributed by atoms with E-state index in [1.165, 1.54) is 11.1 Å². The summed E-state index contributed by atoms with van der Waals surface area (Å²) in [4.78, 5) is 0. The number of nitriles is 1. The lowest BCUT2D eigenvalue weighted by Crippen LogP contribution is -2.34. The summed E-state index contributed by atoms with van der Waals surface area (Å²) in [5.41, 5.74) is 3.73. The lowest BCUT2D eigenvalue weighted by atomic mass is 9.98. The van der Waals surface area contributed by atoms with E-state index in [9.17, 15) is 0 Å². The number of hydrogen-bond donors (Lipinski definition) is 1. The van der Waals surface area contributed by atoms with Crippen molar-refractivity contribution >= 4 is 11.6 Å². The Hall–Kier alpha value is -1.72. The van der Waals surface area contributed by atoms with Crippen LogP contribution in [0.1, 0.15) is 18.1 Å². The van der Waals surface area contributed by atoms with E-state index in [0.717, 1.165) is 5.70 Å². The molecule has 2 atom stereocenters. The Morgan fingerprint density at radius 2 is 2.15 bits per heavy atom. The van der Waals surface area contributed by atoms with Gasteiger partial charge in [-0.2, -0.15) is 5.26 Å². The highest BCUT2D eigenvalue weighted by Crippen LogP contribution is 2.15. The van der Waals surface area contributed by atoms with Crippen LogP contribution in [0.3, 0.4) is 0 Å². The van der Waals surface area contributed by atoms with Crippen LogP contribution in [-0.4, -0.2) is 11.9 Å². The fourth-order valence-corrected chi connectivity index (χ4v) is 2.06. The minimum atomic E-state index is -0.139. The van der Waals surface area contributed by atoms with Crippen LogP contribution in [0.2, 0.25) is 0 Å². The van der Waals surface area contributed by atoms with Crippen LogP contribution < -0.4 is 5.32 Å². The van der Waals surface area contributed by atoms with E-state index < -0.39 is 0 Å². The average Bonchev–Trinajstić information content (AvgIpc) is 2.44. The van der Waals surface area contributed by atoms with Crippen LogP contribution in [0, 0.1) is 24.2 Å². The summed E-state index contributed by atoms with van der Waals surface area (Å²) in [6.07, 6.45) is 0.710. The first kappa shape index (κ1) is 16.3. The standard InChI is InChI=1S/C17H21ClN2/c1-12-6-5-7-16(8-12)9-17(14(3)11-19)20-15(4)13(2)10-18/h5-8,13,17,20H,3-4,9-10H2,1-2H3. The molecule has 2 nitrogen and oxygen atoms in total. The molecule has 0 fully saturated rings. The van der Waals surface area contributed by atoms with E-state index in [2.05, 4.69) is 49.7 Å². The number of halogens is 1. The summed E-state index contributed by atoms with van der Waals surface area (Å²) in [5.74, 6) is 0.658. The van der Waals surface area contributed by atoms with Crippen molar-refractivity contribution < 1.29 is 0 Å². The Labute approximate surface area is 126 Å². The number of nitrogens with one attached hydrogen (secondary N) is 1. The van der Waals surface area contributed by atoms with E-state index in [4.69, 9.17) is 16.9 Å². The zero-order valence-corrected chi connectivity index (χ0v) is 12.9. The van der Waals surface area contributed by atoms with E-state index in [-0.39, 0.29) is 12.0 Å². The maximum atomic E-state index is 9.10. The molecule has 0 saturated heterocycles. The number of hydrogen-bond acceptors (Lipinski definition) is 2. The quantitative estimate of drug-likeness (QED) is 0.609. The van der Waals surface area contributed by atoms with Crippen LogP contribution in [0.5, 0.6) is 0 Å². The first-order valence-corrected chi connectivity index (χ1v) is 7.17. The predicted molar refractivity (Wildman–Crippen MR) is 85.6 cm³/mol. The van der Waals surface area contributed by atoms with Gasteiger partial charge in [0, 0.05) is 23.1 Å². The second-order valence-corrected chi connectivity index (χ2v) is 5.42. The summed E-state index contributed by atoms with van der Waals surface area (Å²) in [5, 5.41) is 12.4. The van der Waals surface area contributed by atoms with Crippen LogP contribution in [-0.2, 0) is 6.42 Å². The van der Waals surface area contributed by atoms with Gasteiger partial charge in [0.05, 0.1) is 12.1 Å².